The first-order chi connectivity index (χ1) is 8.72. The van der Waals surface area contributed by atoms with E-state index in [2.05, 4.69) is 24.9 Å². The number of nitrogen functional groups attached to an aromatic ring is 1. The zero-order valence-corrected chi connectivity index (χ0v) is 9.33. The molecule has 0 radical (unpaired) electrons. The van der Waals surface area contributed by atoms with E-state index in [1.807, 2.05) is 0 Å². The highest BCUT2D eigenvalue weighted by atomic mass is 16.3. The Kier molecular flexibility index (Phi) is 2.30. The van der Waals surface area contributed by atoms with E-state index in [1.165, 1.54) is 12.5 Å². The average molecular weight is 242 g/mol. The van der Waals surface area contributed by atoms with Gasteiger partial charge < -0.3 is 15.8 Å². The van der Waals surface area contributed by atoms with Crippen LogP contribution in [0.4, 0.5) is 5.82 Å². The molecule has 0 aliphatic carbocycles. The molecule has 3 rings (SSSR count). The lowest BCUT2D eigenvalue weighted by atomic mass is 10.2. The first kappa shape index (κ1) is 10.5. The van der Waals surface area contributed by atoms with Gasteiger partial charge in [-0.1, -0.05) is 0 Å². The minimum Gasteiger partial charge on any atom is -0.506 e. The summed E-state index contributed by atoms with van der Waals surface area (Å²) in [6.07, 6.45) is 3.34. The van der Waals surface area contributed by atoms with E-state index in [-0.39, 0.29) is 5.75 Å². The van der Waals surface area contributed by atoms with Crippen LogP contribution in [-0.4, -0.2) is 30.0 Å². The van der Waals surface area contributed by atoms with Gasteiger partial charge >= 0.3 is 0 Å². The number of nitrogens with two attached hydrogens (primary N) is 1. The van der Waals surface area contributed by atoms with E-state index in [9.17, 15) is 0 Å². The Morgan fingerprint density at radius 3 is 2.89 bits per heavy atom. The Bertz CT molecular complexity index is 690. The average Bonchev–Trinajstić information content (AvgIpc) is 2.81. The monoisotopic (exact) mass is 242 g/mol. The van der Waals surface area contributed by atoms with Crippen molar-refractivity contribution in [2.45, 2.75) is 6.42 Å². The Balaban J connectivity index is 1.97. The number of aromatic hydroxyl groups is 1. The number of pyridine rings is 1. The zero-order chi connectivity index (χ0) is 12.5. The van der Waals surface area contributed by atoms with Crippen molar-refractivity contribution in [3.8, 4) is 5.75 Å². The number of aromatic nitrogens is 5. The van der Waals surface area contributed by atoms with Gasteiger partial charge in [0.15, 0.2) is 11.5 Å². The van der Waals surface area contributed by atoms with Gasteiger partial charge in [0, 0.05) is 5.69 Å². The maximum Gasteiger partial charge on any atom is 0.183 e. The van der Waals surface area contributed by atoms with Crippen molar-refractivity contribution < 1.29 is 5.11 Å². The van der Waals surface area contributed by atoms with Gasteiger partial charge in [-0.2, -0.15) is 0 Å². The molecule has 0 aliphatic rings. The van der Waals surface area contributed by atoms with Gasteiger partial charge in [0.25, 0.3) is 0 Å². The topological polar surface area (TPSA) is 114 Å². The van der Waals surface area contributed by atoms with Crippen LogP contribution in [0.15, 0.2) is 24.7 Å². The molecule has 7 nitrogen and oxygen atoms in total. The second-order valence-corrected chi connectivity index (χ2v) is 3.81. The van der Waals surface area contributed by atoms with E-state index in [1.54, 1.807) is 12.1 Å². The molecule has 0 unspecified atom stereocenters. The molecule has 0 aromatic carbocycles. The van der Waals surface area contributed by atoms with E-state index < -0.39 is 0 Å². The van der Waals surface area contributed by atoms with Crippen LogP contribution < -0.4 is 5.73 Å². The molecule has 7 heteroatoms. The third-order valence-corrected chi connectivity index (χ3v) is 2.51. The van der Waals surface area contributed by atoms with Crippen molar-refractivity contribution in [3.63, 3.8) is 0 Å². The fraction of sp³-hybridized carbons (Fsp3) is 0.0909. The summed E-state index contributed by atoms with van der Waals surface area (Å²) in [6, 6.07) is 3.28. The standard InChI is InChI=1S/C11H10N6O/c12-10-9-11(15-5-14-9)17-8(16-10)3-6-1-2-7(18)4-13-6/h1-2,4-5,18H,3H2,(H3,12,14,15,16,17). The molecule has 0 saturated heterocycles. The number of hydrogen-bond acceptors (Lipinski definition) is 6. The molecule has 3 heterocycles. The molecule has 0 spiro atoms. The molecule has 0 bridgehead atoms. The molecule has 0 fully saturated rings. The summed E-state index contributed by atoms with van der Waals surface area (Å²) in [4.78, 5) is 19.5. The van der Waals surface area contributed by atoms with Crippen LogP contribution >= 0.6 is 0 Å². The third kappa shape index (κ3) is 1.81. The van der Waals surface area contributed by atoms with Gasteiger partial charge in [-0.05, 0) is 12.1 Å². The summed E-state index contributed by atoms with van der Waals surface area (Å²) in [5.74, 6) is 1.04. The Labute approximate surface area is 102 Å². The molecule has 0 saturated carbocycles. The molecular formula is C11H10N6O. The fourth-order valence-corrected chi connectivity index (χ4v) is 1.66. The number of aromatic amines is 1. The maximum absolute atomic E-state index is 9.15. The summed E-state index contributed by atoms with van der Waals surface area (Å²) in [5.41, 5.74) is 7.72. The smallest absolute Gasteiger partial charge is 0.183 e. The van der Waals surface area contributed by atoms with Crippen LogP contribution in [0, 0.1) is 0 Å². The number of rotatable bonds is 2. The lowest BCUT2D eigenvalue weighted by Crippen LogP contribution is -2.02. The van der Waals surface area contributed by atoms with E-state index in [0.717, 1.165) is 5.69 Å². The van der Waals surface area contributed by atoms with Gasteiger partial charge in [-0.15, -0.1) is 0 Å². The summed E-state index contributed by atoms with van der Waals surface area (Å²) in [5, 5.41) is 9.15. The first-order valence-electron chi connectivity index (χ1n) is 5.32. The second kappa shape index (κ2) is 3.95. The molecule has 90 valence electrons. The predicted octanol–water partition coefficient (Wildman–Crippen LogP) is 0.626. The molecule has 3 aromatic rings. The number of hydrogen-bond donors (Lipinski definition) is 3. The second-order valence-electron chi connectivity index (χ2n) is 3.81. The van der Waals surface area contributed by atoms with Crippen molar-refractivity contribution in [1.29, 1.82) is 0 Å². The predicted molar refractivity (Wildman–Crippen MR) is 64.8 cm³/mol. The Morgan fingerprint density at radius 1 is 1.22 bits per heavy atom. The molecule has 0 amide bonds. The highest BCUT2D eigenvalue weighted by Gasteiger charge is 2.08. The lowest BCUT2D eigenvalue weighted by Gasteiger charge is -2.02. The summed E-state index contributed by atoms with van der Waals surface area (Å²) < 4.78 is 0. The van der Waals surface area contributed by atoms with Crippen LogP contribution in [-0.2, 0) is 6.42 Å². The van der Waals surface area contributed by atoms with Gasteiger partial charge in [-0.3, -0.25) is 4.98 Å². The molecule has 0 atom stereocenters. The van der Waals surface area contributed by atoms with Crippen molar-refractivity contribution in [1.82, 2.24) is 24.9 Å². The fourth-order valence-electron chi connectivity index (χ4n) is 1.66. The third-order valence-electron chi connectivity index (χ3n) is 2.51. The minimum absolute atomic E-state index is 0.127. The van der Waals surface area contributed by atoms with Crippen molar-refractivity contribution in [2.24, 2.45) is 0 Å². The van der Waals surface area contributed by atoms with E-state index in [0.29, 0.717) is 29.2 Å². The van der Waals surface area contributed by atoms with E-state index in [4.69, 9.17) is 10.8 Å². The van der Waals surface area contributed by atoms with Crippen LogP contribution in [0.1, 0.15) is 11.5 Å². The van der Waals surface area contributed by atoms with Crippen molar-refractivity contribution >= 4 is 17.0 Å². The van der Waals surface area contributed by atoms with Gasteiger partial charge in [0.05, 0.1) is 18.9 Å². The first-order valence-corrected chi connectivity index (χ1v) is 5.32. The van der Waals surface area contributed by atoms with Gasteiger partial charge in [0.1, 0.15) is 17.1 Å². The van der Waals surface area contributed by atoms with Crippen LogP contribution in [0.5, 0.6) is 5.75 Å². The molecule has 18 heavy (non-hydrogen) atoms. The van der Waals surface area contributed by atoms with Crippen molar-refractivity contribution in [3.05, 3.63) is 36.2 Å². The number of nitrogens with zero attached hydrogens (tertiary/aromatic N) is 4. The lowest BCUT2D eigenvalue weighted by molar-refractivity contribution is 0.472. The number of anilines is 1. The van der Waals surface area contributed by atoms with Crippen molar-refractivity contribution in [2.75, 3.05) is 5.73 Å². The Morgan fingerprint density at radius 2 is 2.11 bits per heavy atom. The molecule has 3 aromatic heterocycles. The number of nitrogens with one attached hydrogen (secondary N) is 1. The highest BCUT2D eigenvalue weighted by molar-refractivity contribution is 5.80. The maximum atomic E-state index is 9.15. The SMILES string of the molecule is Nc1nc(Cc2ccc(O)cn2)nc2nc[nH]c12. The summed E-state index contributed by atoms with van der Waals surface area (Å²) in [7, 11) is 0. The molecule has 0 aliphatic heterocycles. The normalized spacial score (nSPS) is 10.9. The quantitative estimate of drug-likeness (QED) is 0.607. The largest absolute Gasteiger partial charge is 0.506 e. The van der Waals surface area contributed by atoms with Crippen LogP contribution in [0.25, 0.3) is 11.2 Å². The molecule has 4 N–H and O–H groups in total. The zero-order valence-electron chi connectivity index (χ0n) is 9.33. The van der Waals surface area contributed by atoms with Gasteiger partial charge in [-0.25, -0.2) is 15.0 Å². The van der Waals surface area contributed by atoms with E-state index >= 15 is 0 Å². The van der Waals surface area contributed by atoms with Crippen LogP contribution in [0.2, 0.25) is 0 Å². The molecular weight excluding hydrogens is 232 g/mol. The summed E-state index contributed by atoms with van der Waals surface area (Å²) >= 11 is 0. The Hall–Kier alpha value is -2.70. The highest BCUT2D eigenvalue weighted by Crippen LogP contribution is 2.15. The van der Waals surface area contributed by atoms with Gasteiger partial charge in [0.2, 0.25) is 0 Å². The van der Waals surface area contributed by atoms with Crippen LogP contribution in [0.3, 0.4) is 0 Å². The minimum atomic E-state index is 0.127. The summed E-state index contributed by atoms with van der Waals surface area (Å²) in [6.45, 7) is 0. The number of imidazole rings is 1. The number of H-pyrrole nitrogens is 1. The number of fused-ring (bicyclic) bond motifs is 1.